The Labute approximate surface area is 64.4 Å². The van der Waals surface area contributed by atoms with Gasteiger partial charge in [-0.05, 0) is 5.92 Å². The van der Waals surface area contributed by atoms with Gasteiger partial charge >= 0.3 is 0 Å². The third-order valence-electron chi connectivity index (χ3n) is 1.31. The largest absolute Gasteiger partial charge is 0.400 e. The van der Waals surface area contributed by atoms with Gasteiger partial charge in [-0.2, -0.15) is 0 Å². The van der Waals surface area contributed by atoms with Crippen LogP contribution in [0.2, 0.25) is 0 Å². The highest BCUT2D eigenvalue weighted by atomic mass is 19.3. The van der Waals surface area contributed by atoms with E-state index in [0.717, 1.165) is 0 Å². The molecule has 0 radical (unpaired) electrons. The first-order valence-electron chi connectivity index (χ1n) is 3.25. The summed E-state index contributed by atoms with van der Waals surface area (Å²) in [7, 11) is 0. The van der Waals surface area contributed by atoms with E-state index >= 15 is 0 Å². The lowest BCUT2D eigenvalue weighted by molar-refractivity contribution is 0.177. The molecule has 0 aromatic rings. The second-order valence-electron chi connectivity index (χ2n) is 2.47. The highest BCUT2D eigenvalue weighted by molar-refractivity contribution is 5.12. The molecule has 0 saturated carbocycles. The highest BCUT2D eigenvalue weighted by Gasteiger charge is 2.15. The predicted molar refractivity (Wildman–Crippen MR) is 39.4 cm³/mol. The molecule has 0 saturated heterocycles. The topological polar surface area (TPSA) is 64.1 Å². The van der Waals surface area contributed by atoms with Crippen molar-refractivity contribution in [3.63, 3.8) is 0 Å². The zero-order valence-corrected chi connectivity index (χ0v) is 6.57. The number of nitrogens with one attached hydrogen (secondary N) is 1. The van der Waals surface area contributed by atoms with E-state index in [1.54, 1.807) is 13.8 Å². The van der Waals surface area contributed by atoms with Crippen LogP contribution >= 0.6 is 0 Å². The monoisotopic (exact) mass is 165 g/mol. The van der Waals surface area contributed by atoms with Crippen molar-refractivity contribution in [3.8, 4) is 0 Å². The van der Waals surface area contributed by atoms with Crippen LogP contribution in [0.5, 0.6) is 0 Å². The number of alkyl halides is 2. The maximum atomic E-state index is 12.0. The third-order valence-corrected chi connectivity index (χ3v) is 1.31. The fourth-order valence-electron chi connectivity index (χ4n) is 0.583. The second kappa shape index (κ2) is 4.12. The minimum Gasteiger partial charge on any atom is -0.400 e. The van der Waals surface area contributed by atoms with Crippen molar-refractivity contribution in [2.45, 2.75) is 20.3 Å². The van der Waals surface area contributed by atoms with Crippen LogP contribution in [0.1, 0.15) is 13.8 Å². The number of hydrogen-bond acceptors (Lipinski definition) is 3. The molecule has 0 aliphatic rings. The molecule has 0 amide bonds. The fraction of sp³-hybridized carbons (Fsp3) is 0.667. The van der Waals surface area contributed by atoms with Crippen LogP contribution in [0.25, 0.3) is 0 Å². The molecule has 3 nitrogen and oxygen atoms in total. The van der Waals surface area contributed by atoms with Crippen LogP contribution in [-0.2, 0) is 0 Å². The smallest absolute Gasteiger partial charge is 0.280 e. The maximum Gasteiger partial charge on any atom is 0.280 e. The summed E-state index contributed by atoms with van der Waals surface area (Å²) >= 11 is 0. The maximum absolute atomic E-state index is 12.0. The normalized spacial score (nSPS) is 13.7. The summed E-state index contributed by atoms with van der Waals surface area (Å²) in [5.41, 5.74) is 6.93. The molecule has 0 atom stereocenters. The summed E-state index contributed by atoms with van der Waals surface area (Å²) in [4.78, 5) is 0. The van der Waals surface area contributed by atoms with E-state index < -0.39 is 6.43 Å². The lowest BCUT2D eigenvalue weighted by Gasteiger charge is -2.12. The quantitative estimate of drug-likeness (QED) is 0.422. The zero-order valence-electron chi connectivity index (χ0n) is 6.57. The van der Waals surface area contributed by atoms with Gasteiger partial charge in [0.05, 0.1) is 0 Å². The standard InChI is InChI=1S/C6H13F2N3/c1-3(2)4(9)5(11-10)6(7)8/h3,6,11H,9-10H2,1-2H3/b5-4-. The van der Waals surface area contributed by atoms with E-state index in [1.165, 1.54) is 0 Å². The molecule has 0 fully saturated rings. The minimum atomic E-state index is -2.64. The number of nitrogens with two attached hydrogens (primary N) is 2. The lowest BCUT2D eigenvalue weighted by Crippen LogP contribution is -2.30. The van der Waals surface area contributed by atoms with Crippen LogP contribution in [-0.4, -0.2) is 6.43 Å². The van der Waals surface area contributed by atoms with Gasteiger partial charge in [0.25, 0.3) is 6.43 Å². The predicted octanol–water partition coefficient (Wildman–Crippen LogP) is 0.541. The summed E-state index contributed by atoms with van der Waals surface area (Å²) < 4.78 is 24.1. The molecule has 0 aromatic carbocycles. The van der Waals surface area contributed by atoms with E-state index in [-0.39, 0.29) is 17.3 Å². The summed E-state index contributed by atoms with van der Waals surface area (Å²) in [5, 5.41) is 0. The average molecular weight is 165 g/mol. The van der Waals surface area contributed by atoms with Gasteiger partial charge in [-0.3, -0.25) is 5.84 Å². The molecule has 0 spiro atoms. The van der Waals surface area contributed by atoms with E-state index in [1.807, 2.05) is 5.43 Å². The van der Waals surface area contributed by atoms with E-state index in [0.29, 0.717) is 0 Å². The van der Waals surface area contributed by atoms with Gasteiger partial charge in [0, 0.05) is 5.70 Å². The molecule has 5 N–H and O–H groups in total. The number of rotatable bonds is 3. The van der Waals surface area contributed by atoms with Crippen molar-refractivity contribution in [2.24, 2.45) is 17.5 Å². The Morgan fingerprint density at radius 3 is 1.91 bits per heavy atom. The van der Waals surface area contributed by atoms with Crippen molar-refractivity contribution in [3.05, 3.63) is 11.4 Å². The zero-order chi connectivity index (χ0) is 9.02. The van der Waals surface area contributed by atoms with Crippen LogP contribution < -0.4 is 17.0 Å². The first kappa shape index (κ1) is 10.2. The molecule has 0 rings (SSSR count). The molecule has 0 unspecified atom stereocenters. The van der Waals surface area contributed by atoms with Crippen LogP contribution in [0.4, 0.5) is 8.78 Å². The fourth-order valence-corrected chi connectivity index (χ4v) is 0.583. The first-order valence-corrected chi connectivity index (χ1v) is 3.25. The lowest BCUT2D eigenvalue weighted by atomic mass is 10.1. The van der Waals surface area contributed by atoms with Gasteiger partial charge in [-0.1, -0.05) is 13.8 Å². The Hall–Kier alpha value is -0.840. The molecule has 11 heavy (non-hydrogen) atoms. The average Bonchev–Trinajstić information content (AvgIpc) is 1.88. The summed E-state index contributed by atoms with van der Waals surface area (Å²) in [5.74, 6) is 4.71. The van der Waals surface area contributed by atoms with Gasteiger partial charge in [0.1, 0.15) is 5.70 Å². The van der Waals surface area contributed by atoms with Crippen molar-refractivity contribution >= 4 is 0 Å². The Kier molecular flexibility index (Phi) is 3.81. The van der Waals surface area contributed by atoms with E-state index in [2.05, 4.69) is 0 Å². The molecule has 66 valence electrons. The van der Waals surface area contributed by atoms with Crippen molar-refractivity contribution in [1.29, 1.82) is 0 Å². The second-order valence-corrected chi connectivity index (χ2v) is 2.47. The Morgan fingerprint density at radius 1 is 1.36 bits per heavy atom. The first-order chi connectivity index (χ1) is 5.00. The van der Waals surface area contributed by atoms with Crippen molar-refractivity contribution in [2.75, 3.05) is 0 Å². The van der Waals surface area contributed by atoms with Crippen molar-refractivity contribution < 1.29 is 8.78 Å². The summed E-state index contributed by atoms with van der Waals surface area (Å²) in [6.07, 6.45) is -2.64. The van der Waals surface area contributed by atoms with Crippen LogP contribution in [0.3, 0.4) is 0 Å². The highest BCUT2D eigenvalue weighted by Crippen LogP contribution is 2.12. The molecular weight excluding hydrogens is 152 g/mol. The Bertz CT molecular complexity index is 154. The Morgan fingerprint density at radius 2 is 1.82 bits per heavy atom. The van der Waals surface area contributed by atoms with Gasteiger partial charge in [0.15, 0.2) is 0 Å². The minimum absolute atomic E-state index is 0.0995. The Balaban J connectivity index is 4.54. The molecule has 0 aliphatic carbocycles. The molecule has 0 bridgehead atoms. The number of halogens is 2. The molecule has 0 aliphatic heterocycles. The molecule has 0 heterocycles. The van der Waals surface area contributed by atoms with Gasteiger partial charge in [-0.15, -0.1) is 0 Å². The van der Waals surface area contributed by atoms with Gasteiger partial charge in [-0.25, -0.2) is 8.78 Å². The summed E-state index contributed by atoms with van der Waals surface area (Å²) in [6.45, 7) is 3.43. The molecular formula is C6H13F2N3. The molecule has 0 aromatic heterocycles. The van der Waals surface area contributed by atoms with Gasteiger partial charge in [0.2, 0.25) is 0 Å². The van der Waals surface area contributed by atoms with E-state index in [4.69, 9.17) is 11.6 Å². The number of hydrazine groups is 1. The molecule has 5 heteroatoms. The summed E-state index contributed by atoms with van der Waals surface area (Å²) in [6, 6.07) is 0. The van der Waals surface area contributed by atoms with Crippen LogP contribution in [0.15, 0.2) is 11.4 Å². The van der Waals surface area contributed by atoms with E-state index in [9.17, 15) is 8.78 Å². The van der Waals surface area contributed by atoms with Crippen LogP contribution in [0, 0.1) is 5.92 Å². The SMILES string of the molecule is CC(C)/C(N)=C(/NN)C(F)F. The third kappa shape index (κ3) is 2.71. The van der Waals surface area contributed by atoms with Gasteiger partial charge < -0.3 is 11.2 Å². The van der Waals surface area contributed by atoms with Crippen molar-refractivity contribution in [1.82, 2.24) is 5.43 Å². The number of allylic oxidation sites excluding steroid dienone is 2. The number of hydrogen-bond donors (Lipinski definition) is 3.